The highest BCUT2D eigenvalue weighted by atomic mass is 16.3. The zero-order valence-electron chi connectivity index (χ0n) is 21.0. The zero-order valence-corrected chi connectivity index (χ0v) is 21.0. The van der Waals surface area contributed by atoms with Crippen LogP contribution in [0.15, 0.2) is 60.7 Å². The number of hydrogen-bond donors (Lipinski definition) is 3. The van der Waals surface area contributed by atoms with Gasteiger partial charge in [-0.3, -0.25) is 9.69 Å². The maximum atomic E-state index is 12.9. The van der Waals surface area contributed by atoms with Crippen LogP contribution in [-0.4, -0.2) is 54.2 Å². The van der Waals surface area contributed by atoms with Crippen molar-refractivity contribution in [3.8, 4) is 5.75 Å². The van der Waals surface area contributed by atoms with Crippen molar-refractivity contribution in [3.63, 3.8) is 0 Å². The number of likely N-dealkylation sites (tertiary alicyclic amines) is 1. The van der Waals surface area contributed by atoms with E-state index in [9.17, 15) is 9.90 Å². The van der Waals surface area contributed by atoms with E-state index in [4.69, 9.17) is 0 Å². The summed E-state index contributed by atoms with van der Waals surface area (Å²) in [5.41, 5.74) is 3.74. The van der Waals surface area contributed by atoms with Gasteiger partial charge in [-0.2, -0.15) is 0 Å². The standard InChI is InChI=1S/C31H37N3O2/c35-25-11-10-22-16-28-30-12-4-9-26(23(18-30)19-33-29(36)21-6-2-1-3-7-21)31(30,27(22)17-25)13-15-34(28)20-24-8-5-14-32-24/h1-4,6-7,9-11,17,23-24,26,28,32,35H,5,8,12-16,18-20H2,(H,33,36)/t23-,24+,26?,28?,30?,31?/m1/s1. The third-order valence-electron chi connectivity index (χ3n) is 10.5. The first kappa shape index (κ1) is 22.6. The highest BCUT2D eigenvalue weighted by molar-refractivity contribution is 5.94. The van der Waals surface area contributed by atoms with E-state index in [1.165, 1.54) is 24.0 Å². The molecule has 3 fully saturated rings. The number of rotatable bonds is 5. The largest absolute Gasteiger partial charge is 0.508 e. The number of carbonyl (C=O) groups is 1. The van der Waals surface area contributed by atoms with Crippen molar-refractivity contribution < 1.29 is 9.90 Å². The van der Waals surface area contributed by atoms with E-state index in [0.29, 0.717) is 36.2 Å². The summed E-state index contributed by atoms with van der Waals surface area (Å²) in [6.07, 6.45) is 11.9. The first-order chi connectivity index (χ1) is 17.6. The average molecular weight is 484 g/mol. The molecule has 5 heteroatoms. The first-order valence-corrected chi connectivity index (χ1v) is 13.9. The Hall–Kier alpha value is -2.63. The second kappa shape index (κ2) is 8.46. The van der Waals surface area contributed by atoms with Gasteiger partial charge in [0.15, 0.2) is 0 Å². The molecule has 2 aromatic carbocycles. The number of phenolic OH excluding ortho intramolecular Hbond substituents is 1. The Morgan fingerprint density at radius 3 is 2.92 bits per heavy atom. The minimum absolute atomic E-state index is 0.0222. The Balaban J connectivity index is 1.25. The van der Waals surface area contributed by atoms with E-state index in [0.717, 1.165) is 50.9 Å². The highest BCUT2D eigenvalue weighted by Gasteiger charge is 2.71. The molecule has 2 heterocycles. The SMILES string of the molecule is O=C(NC[C@H]1CC23CC=CC1C21CCN(C[C@@H]2CCCN2)C3Cc2ccc(O)cc21)c1ccccc1. The molecule has 2 aromatic rings. The molecule has 4 bridgehead atoms. The van der Waals surface area contributed by atoms with Gasteiger partial charge in [0.1, 0.15) is 5.75 Å². The van der Waals surface area contributed by atoms with Crippen molar-refractivity contribution in [2.45, 2.75) is 56.0 Å². The molecule has 2 aliphatic heterocycles. The van der Waals surface area contributed by atoms with Crippen LogP contribution in [0.3, 0.4) is 0 Å². The lowest BCUT2D eigenvalue weighted by Crippen LogP contribution is -2.67. The summed E-state index contributed by atoms with van der Waals surface area (Å²) in [7, 11) is 0. The fraction of sp³-hybridized carbons (Fsp3) is 0.516. The van der Waals surface area contributed by atoms with E-state index in [1.807, 2.05) is 36.4 Å². The number of aromatic hydroxyl groups is 1. The summed E-state index contributed by atoms with van der Waals surface area (Å²) >= 11 is 0. The van der Waals surface area contributed by atoms with E-state index < -0.39 is 0 Å². The number of carbonyl (C=O) groups excluding carboxylic acids is 1. The number of nitrogens with zero attached hydrogens (tertiary/aromatic N) is 1. The maximum Gasteiger partial charge on any atom is 0.251 e. The van der Waals surface area contributed by atoms with Crippen LogP contribution < -0.4 is 10.6 Å². The highest BCUT2D eigenvalue weighted by Crippen LogP contribution is 2.72. The van der Waals surface area contributed by atoms with Crippen molar-refractivity contribution in [3.05, 3.63) is 77.4 Å². The molecule has 3 aliphatic carbocycles. The van der Waals surface area contributed by atoms with E-state index >= 15 is 0 Å². The number of nitrogens with one attached hydrogen (secondary N) is 2. The Morgan fingerprint density at radius 1 is 1.19 bits per heavy atom. The van der Waals surface area contributed by atoms with Crippen LogP contribution in [-0.2, 0) is 11.8 Å². The lowest BCUT2D eigenvalue weighted by atomic mass is 9.45. The zero-order chi connectivity index (χ0) is 24.3. The first-order valence-electron chi connectivity index (χ1n) is 13.9. The molecule has 6 atom stereocenters. The molecule has 0 aromatic heterocycles. The molecule has 0 radical (unpaired) electrons. The lowest BCUT2D eigenvalue weighted by Gasteiger charge is -2.64. The van der Waals surface area contributed by atoms with Crippen LogP contribution in [0.1, 0.15) is 53.6 Å². The number of fused-ring (bicyclic) bond motifs is 1. The molecule has 3 N–H and O–H groups in total. The van der Waals surface area contributed by atoms with Crippen LogP contribution in [0.25, 0.3) is 0 Å². The summed E-state index contributed by atoms with van der Waals surface area (Å²) in [5, 5.41) is 17.6. The molecule has 5 aliphatic rings. The summed E-state index contributed by atoms with van der Waals surface area (Å²) < 4.78 is 0. The monoisotopic (exact) mass is 483 g/mol. The molecule has 0 spiro atoms. The third-order valence-corrected chi connectivity index (χ3v) is 10.5. The van der Waals surface area contributed by atoms with Gasteiger partial charge in [-0.05, 0) is 98.8 Å². The number of phenols is 1. The van der Waals surface area contributed by atoms with Crippen molar-refractivity contribution in [2.24, 2.45) is 17.3 Å². The van der Waals surface area contributed by atoms with Crippen molar-refractivity contribution >= 4 is 5.91 Å². The maximum absolute atomic E-state index is 12.9. The summed E-state index contributed by atoms with van der Waals surface area (Å²) in [4.78, 5) is 15.8. The predicted octanol–water partition coefficient (Wildman–Crippen LogP) is 4.02. The molecule has 36 heavy (non-hydrogen) atoms. The van der Waals surface area contributed by atoms with Gasteiger partial charge in [0.05, 0.1) is 0 Å². The Labute approximate surface area is 214 Å². The van der Waals surface area contributed by atoms with E-state index in [-0.39, 0.29) is 16.7 Å². The number of benzene rings is 2. The van der Waals surface area contributed by atoms with Gasteiger partial charge in [0.2, 0.25) is 0 Å². The molecule has 4 unspecified atom stereocenters. The topological polar surface area (TPSA) is 64.6 Å². The summed E-state index contributed by atoms with van der Waals surface area (Å²) in [6, 6.07) is 16.8. The van der Waals surface area contributed by atoms with Crippen LogP contribution in [0, 0.1) is 17.3 Å². The number of hydrogen-bond acceptors (Lipinski definition) is 4. The van der Waals surface area contributed by atoms with Crippen molar-refractivity contribution in [1.82, 2.24) is 15.5 Å². The normalized spacial score (nSPS) is 36.3. The van der Waals surface area contributed by atoms with E-state index in [2.05, 4.69) is 39.8 Å². The van der Waals surface area contributed by atoms with Crippen LogP contribution in [0.2, 0.25) is 0 Å². The predicted molar refractivity (Wildman–Crippen MR) is 141 cm³/mol. The number of allylic oxidation sites excluding steroid dienone is 2. The third kappa shape index (κ3) is 3.18. The second-order valence-corrected chi connectivity index (χ2v) is 11.9. The van der Waals surface area contributed by atoms with Gasteiger partial charge >= 0.3 is 0 Å². The molecule has 2 saturated heterocycles. The van der Waals surface area contributed by atoms with Gasteiger partial charge in [-0.15, -0.1) is 0 Å². The second-order valence-electron chi connectivity index (χ2n) is 11.9. The van der Waals surface area contributed by atoms with Crippen molar-refractivity contribution in [1.29, 1.82) is 0 Å². The van der Waals surface area contributed by atoms with E-state index in [1.54, 1.807) is 0 Å². The molecule has 1 amide bonds. The van der Waals surface area contributed by atoms with Gasteiger partial charge in [-0.1, -0.05) is 36.4 Å². The fourth-order valence-corrected chi connectivity index (χ4v) is 9.13. The molecule has 5 nitrogen and oxygen atoms in total. The van der Waals surface area contributed by atoms with Gasteiger partial charge < -0.3 is 15.7 Å². The van der Waals surface area contributed by atoms with Gasteiger partial charge in [0.25, 0.3) is 5.91 Å². The Bertz CT molecular complexity index is 1190. The van der Waals surface area contributed by atoms with Crippen LogP contribution in [0.4, 0.5) is 0 Å². The number of amides is 1. The van der Waals surface area contributed by atoms with Gasteiger partial charge in [-0.25, -0.2) is 0 Å². The smallest absolute Gasteiger partial charge is 0.251 e. The van der Waals surface area contributed by atoms with Crippen LogP contribution >= 0.6 is 0 Å². The summed E-state index contributed by atoms with van der Waals surface area (Å²) in [5.74, 6) is 1.19. The quantitative estimate of drug-likeness (QED) is 0.562. The molecular formula is C31H37N3O2. The molecule has 188 valence electrons. The Morgan fingerprint density at radius 2 is 2.08 bits per heavy atom. The summed E-state index contributed by atoms with van der Waals surface area (Å²) in [6.45, 7) is 4.11. The minimum Gasteiger partial charge on any atom is -0.508 e. The fourth-order valence-electron chi connectivity index (χ4n) is 9.13. The number of piperidine rings is 1. The Kier molecular flexibility index (Phi) is 5.30. The molecule has 1 saturated carbocycles. The molecular weight excluding hydrogens is 446 g/mol. The van der Waals surface area contributed by atoms with Crippen molar-refractivity contribution in [2.75, 3.05) is 26.2 Å². The molecule has 7 rings (SSSR count). The lowest BCUT2D eigenvalue weighted by molar-refractivity contribution is -0.0642. The average Bonchev–Trinajstić information content (AvgIpc) is 3.46. The van der Waals surface area contributed by atoms with Crippen LogP contribution in [0.5, 0.6) is 5.75 Å². The minimum atomic E-state index is 0.0222. The van der Waals surface area contributed by atoms with Gasteiger partial charge in [0, 0.05) is 41.6 Å².